The topological polar surface area (TPSA) is 78.8 Å². The molecule has 0 aliphatic heterocycles. The van der Waals surface area contributed by atoms with E-state index in [-0.39, 0.29) is 5.56 Å². The molecule has 3 aromatic rings. The summed E-state index contributed by atoms with van der Waals surface area (Å²) in [5, 5.41) is 9.47. The van der Waals surface area contributed by atoms with Crippen LogP contribution >= 0.6 is 15.9 Å². The van der Waals surface area contributed by atoms with Crippen molar-refractivity contribution in [1.82, 2.24) is 9.97 Å². The minimum absolute atomic E-state index is 0.214. The van der Waals surface area contributed by atoms with Gasteiger partial charge in [-0.15, -0.1) is 0 Å². The molecule has 23 heavy (non-hydrogen) atoms. The van der Waals surface area contributed by atoms with Crippen LogP contribution in [0.4, 0.5) is 0 Å². The number of hydrogen-bond donors (Lipinski definition) is 1. The van der Waals surface area contributed by atoms with Crippen LogP contribution in [0.3, 0.4) is 0 Å². The van der Waals surface area contributed by atoms with Gasteiger partial charge < -0.3 is 9.72 Å². The van der Waals surface area contributed by atoms with E-state index < -0.39 is 0 Å². The van der Waals surface area contributed by atoms with Gasteiger partial charge in [-0.05, 0) is 48.9 Å². The fourth-order valence-electron chi connectivity index (χ4n) is 2.19. The van der Waals surface area contributed by atoms with Gasteiger partial charge in [0.15, 0.2) is 5.75 Å². The third-order valence-electron chi connectivity index (χ3n) is 3.36. The number of ether oxygens (including phenoxy) is 1. The Labute approximate surface area is 140 Å². The Balaban J connectivity index is 2.12. The largest absolute Gasteiger partial charge is 0.455 e. The van der Waals surface area contributed by atoms with Crippen molar-refractivity contribution in [3.63, 3.8) is 0 Å². The van der Waals surface area contributed by atoms with Crippen molar-refractivity contribution in [2.75, 3.05) is 0 Å². The first kappa shape index (κ1) is 15.3. The van der Waals surface area contributed by atoms with E-state index in [1.54, 1.807) is 31.2 Å². The molecule has 0 saturated carbocycles. The molecule has 0 unspecified atom stereocenters. The second kappa shape index (κ2) is 6.23. The van der Waals surface area contributed by atoms with Crippen molar-refractivity contribution in [2.24, 2.45) is 0 Å². The number of nitrogens with one attached hydrogen (secondary N) is 1. The van der Waals surface area contributed by atoms with Crippen LogP contribution in [0.2, 0.25) is 0 Å². The molecule has 0 aliphatic carbocycles. The van der Waals surface area contributed by atoms with Crippen molar-refractivity contribution >= 4 is 27.0 Å². The number of H-pyrrole nitrogens is 1. The Kier molecular flexibility index (Phi) is 4.13. The molecule has 0 aliphatic rings. The summed E-state index contributed by atoms with van der Waals surface area (Å²) in [6, 6.07) is 12.6. The zero-order valence-electron chi connectivity index (χ0n) is 12.3. The number of nitrogens with zero attached hydrogens (tertiary/aromatic N) is 2. The number of aryl methyl sites for hydroxylation is 1. The van der Waals surface area contributed by atoms with Gasteiger partial charge in [0.2, 0.25) is 0 Å². The Morgan fingerprint density at radius 2 is 2.04 bits per heavy atom. The van der Waals surface area contributed by atoms with Crippen LogP contribution in [0, 0.1) is 18.3 Å². The molecule has 0 fully saturated rings. The minimum Gasteiger partial charge on any atom is -0.455 e. The van der Waals surface area contributed by atoms with Gasteiger partial charge in [0.25, 0.3) is 5.56 Å². The Morgan fingerprint density at radius 1 is 1.30 bits per heavy atom. The van der Waals surface area contributed by atoms with Gasteiger partial charge in [-0.3, -0.25) is 4.79 Å². The van der Waals surface area contributed by atoms with Crippen LogP contribution in [-0.4, -0.2) is 9.97 Å². The lowest BCUT2D eigenvalue weighted by atomic mass is 10.2. The van der Waals surface area contributed by atoms with Crippen LogP contribution in [0.25, 0.3) is 11.0 Å². The molecule has 2 aromatic carbocycles. The van der Waals surface area contributed by atoms with E-state index in [1.165, 1.54) is 0 Å². The van der Waals surface area contributed by atoms with Gasteiger partial charge in [0.05, 0.1) is 17.1 Å². The summed E-state index contributed by atoms with van der Waals surface area (Å²) in [5.41, 5.74) is 2.91. The van der Waals surface area contributed by atoms with Crippen LogP contribution in [-0.2, 0) is 5.33 Å². The van der Waals surface area contributed by atoms with Crippen molar-refractivity contribution in [3.8, 4) is 17.6 Å². The monoisotopic (exact) mass is 369 g/mol. The van der Waals surface area contributed by atoms with Crippen molar-refractivity contribution in [1.29, 1.82) is 5.26 Å². The number of fused-ring (bicyclic) bond motifs is 1. The number of benzene rings is 2. The maximum absolute atomic E-state index is 11.8. The number of hydrogen-bond acceptors (Lipinski definition) is 4. The highest BCUT2D eigenvalue weighted by Crippen LogP contribution is 2.30. The maximum Gasteiger partial charge on any atom is 0.269 e. The molecule has 114 valence electrons. The highest BCUT2D eigenvalue weighted by atomic mass is 79.9. The minimum atomic E-state index is -0.214. The first-order chi connectivity index (χ1) is 11.1. The Bertz CT molecular complexity index is 972. The zero-order valence-corrected chi connectivity index (χ0v) is 13.8. The molecule has 3 rings (SSSR count). The van der Waals surface area contributed by atoms with E-state index in [1.807, 2.05) is 12.1 Å². The lowest BCUT2D eigenvalue weighted by Crippen LogP contribution is -2.12. The Hall–Kier alpha value is -2.65. The third kappa shape index (κ3) is 3.10. The summed E-state index contributed by atoms with van der Waals surface area (Å²) in [4.78, 5) is 18.9. The van der Waals surface area contributed by atoms with Crippen molar-refractivity contribution < 1.29 is 4.74 Å². The average Bonchev–Trinajstić information content (AvgIpc) is 2.57. The number of halogens is 1. The smallest absolute Gasteiger partial charge is 0.269 e. The lowest BCUT2D eigenvalue weighted by molar-refractivity contribution is 0.486. The van der Waals surface area contributed by atoms with Crippen molar-refractivity contribution in [2.45, 2.75) is 12.3 Å². The number of aromatic nitrogens is 2. The third-order valence-corrected chi connectivity index (χ3v) is 4.00. The summed E-state index contributed by atoms with van der Waals surface area (Å²) in [7, 11) is 0. The number of rotatable bonds is 3. The standard InChI is InChI=1S/C17H12BrN3O2/c1-10-17(22)21-14-6-12(8-18)7-15(16(14)20-10)23-13-4-2-11(9-19)3-5-13/h2-7H,8H2,1H3,(H,21,22). The molecular formula is C17H12BrN3O2. The van der Waals surface area contributed by atoms with Gasteiger partial charge in [0, 0.05) is 5.33 Å². The summed E-state index contributed by atoms with van der Waals surface area (Å²) in [6.07, 6.45) is 0. The molecule has 0 amide bonds. The first-order valence-electron chi connectivity index (χ1n) is 6.88. The van der Waals surface area contributed by atoms with Crippen LogP contribution in [0.5, 0.6) is 11.5 Å². The van der Waals surface area contributed by atoms with Crippen LogP contribution in [0.1, 0.15) is 16.8 Å². The van der Waals surface area contributed by atoms with E-state index in [2.05, 4.69) is 32.0 Å². The summed E-state index contributed by atoms with van der Waals surface area (Å²) in [6.45, 7) is 1.65. The Morgan fingerprint density at radius 3 is 2.70 bits per heavy atom. The normalized spacial score (nSPS) is 10.5. The molecule has 0 saturated heterocycles. The molecule has 1 N–H and O–H groups in total. The molecule has 1 heterocycles. The fourth-order valence-corrected chi connectivity index (χ4v) is 2.51. The summed E-state index contributed by atoms with van der Waals surface area (Å²) < 4.78 is 5.91. The van der Waals surface area contributed by atoms with Gasteiger partial charge in [-0.1, -0.05) is 15.9 Å². The van der Waals surface area contributed by atoms with Gasteiger partial charge in [0.1, 0.15) is 17.0 Å². The molecule has 0 atom stereocenters. The SMILES string of the molecule is Cc1nc2c(Oc3ccc(C#N)cc3)cc(CBr)cc2[nH]c1=O. The van der Waals surface area contributed by atoms with E-state index in [0.29, 0.717) is 39.1 Å². The molecule has 0 bridgehead atoms. The first-order valence-corrected chi connectivity index (χ1v) is 8.00. The fraction of sp³-hybridized carbons (Fsp3) is 0.118. The van der Waals surface area contributed by atoms with Gasteiger partial charge in [-0.2, -0.15) is 5.26 Å². The highest BCUT2D eigenvalue weighted by Gasteiger charge is 2.10. The summed E-state index contributed by atoms with van der Waals surface area (Å²) in [5.74, 6) is 1.16. The molecule has 1 aromatic heterocycles. The second-order valence-corrected chi connectivity index (χ2v) is 5.57. The van der Waals surface area contributed by atoms with E-state index in [4.69, 9.17) is 10.00 Å². The molecule has 0 spiro atoms. The average molecular weight is 370 g/mol. The predicted molar refractivity (Wildman–Crippen MR) is 91.0 cm³/mol. The van der Waals surface area contributed by atoms with E-state index in [0.717, 1.165) is 5.56 Å². The van der Waals surface area contributed by atoms with E-state index >= 15 is 0 Å². The lowest BCUT2D eigenvalue weighted by Gasteiger charge is -2.10. The quantitative estimate of drug-likeness (QED) is 0.712. The predicted octanol–water partition coefficient (Wildman–Crippen LogP) is 3.79. The molecule has 5 nitrogen and oxygen atoms in total. The van der Waals surface area contributed by atoms with Crippen LogP contribution < -0.4 is 10.3 Å². The maximum atomic E-state index is 11.8. The van der Waals surface area contributed by atoms with Gasteiger partial charge >= 0.3 is 0 Å². The summed E-state index contributed by atoms with van der Waals surface area (Å²) >= 11 is 3.41. The number of alkyl halides is 1. The van der Waals surface area contributed by atoms with Crippen molar-refractivity contribution in [3.05, 3.63) is 63.6 Å². The van der Waals surface area contributed by atoms with E-state index in [9.17, 15) is 4.79 Å². The molecule has 0 radical (unpaired) electrons. The molecule has 6 heteroatoms. The molecular weight excluding hydrogens is 358 g/mol. The van der Waals surface area contributed by atoms with Gasteiger partial charge in [-0.25, -0.2) is 4.98 Å². The number of nitriles is 1. The van der Waals surface area contributed by atoms with Crippen LogP contribution in [0.15, 0.2) is 41.2 Å². The zero-order chi connectivity index (χ0) is 16.4. The second-order valence-electron chi connectivity index (χ2n) is 5.01. The highest BCUT2D eigenvalue weighted by molar-refractivity contribution is 9.08. The number of aromatic amines is 1.